The molecule has 2 aromatic rings. The summed E-state index contributed by atoms with van der Waals surface area (Å²) in [6.45, 7) is 4.07. The highest BCUT2D eigenvalue weighted by atomic mass is 79.9. The van der Waals surface area contributed by atoms with Gasteiger partial charge in [-0.3, -0.25) is 4.90 Å². The zero-order valence-corrected chi connectivity index (χ0v) is 11.1. The second kappa shape index (κ2) is 4.63. The van der Waals surface area contributed by atoms with Gasteiger partial charge in [0.25, 0.3) is 0 Å². The Kier molecular flexibility index (Phi) is 2.99. The van der Waals surface area contributed by atoms with Gasteiger partial charge in [0.15, 0.2) is 0 Å². The molecule has 0 unspecified atom stereocenters. The second-order valence-corrected chi connectivity index (χ2v) is 5.29. The smallest absolute Gasteiger partial charge is 0.122 e. The quantitative estimate of drug-likeness (QED) is 0.848. The number of hydrogen-bond acceptors (Lipinski definition) is 2. The summed E-state index contributed by atoms with van der Waals surface area (Å²) in [4.78, 5) is 6.81. The molecule has 1 aliphatic heterocycles. The monoisotopic (exact) mass is 291 g/mol. The van der Waals surface area contributed by atoms with Gasteiger partial charge in [0.05, 0.1) is 6.54 Å². The lowest BCUT2D eigenvalue weighted by Crippen LogP contribution is -2.33. The van der Waals surface area contributed by atoms with Crippen LogP contribution >= 0.6 is 15.9 Å². The van der Waals surface area contributed by atoms with Gasteiger partial charge < -0.3 is 4.57 Å². The fourth-order valence-corrected chi connectivity index (χ4v) is 2.70. The number of hydrogen-bond donors (Lipinski definition) is 0. The fraction of sp³-hybridized carbons (Fsp3) is 0.308. The zero-order chi connectivity index (χ0) is 11.7. The Bertz CT molecular complexity index is 521. The van der Waals surface area contributed by atoms with E-state index in [1.54, 1.807) is 0 Å². The summed E-state index contributed by atoms with van der Waals surface area (Å²) in [5, 5.41) is 0. The Hall–Kier alpha value is -1.13. The van der Waals surface area contributed by atoms with Crippen molar-refractivity contribution in [3.63, 3.8) is 0 Å². The standard InChI is InChI=1S/C13H14BrN3/c14-12-3-1-2-11(8-12)9-16-6-7-17-5-4-15-13(17)10-16/h1-5,8H,6-7,9-10H2. The molecular weight excluding hydrogens is 278 g/mol. The predicted molar refractivity (Wildman–Crippen MR) is 70.5 cm³/mol. The van der Waals surface area contributed by atoms with Gasteiger partial charge in [-0.1, -0.05) is 28.1 Å². The first kappa shape index (κ1) is 11.0. The minimum absolute atomic E-state index is 0.944. The summed E-state index contributed by atoms with van der Waals surface area (Å²) in [7, 11) is 0. The second-order valence-electron chi connectivity index (χ2n) is 4.38. The Balaban J connectivity index is 1.72. The molecule has 0 aliphatic carbocycles. The van der Waals surface area contributed by atoms with E-state index >= 15 is 0 Å². The maximum atomic E-state index is 4.38. The van der Waals surface area contributed by atoms with E-state index in [1.165, 1.54) is 11.4 Å². The average molecular weight is 292 g/mol. The van der Waals surface area contributed by atoms with Crippen molar-refractivity contribution in [1.82, 2.24) is 14.5 Å². The Morgan fingerprint density at radius 2 is 2.24 bits per heavy atom. The maximum Gasteiger partial charge on any atom is 0.122 e. The van der Waals surface area contributed by atoms with Gasteiger partial charge in [-0.2, -0.15) is 0 Å². The van der Waals surface area contributed by atoms with E-state index in [0.29, 0.717) is 0 Å². The molecule has 0 atom stereocenters. The lowest BCUT2D eigenvalue weighted by atomic mass is 10.2. The van der Waals surface area contributed by atoms with Crippen LogP contribution in [0.15, 0.2) is 41.1 Å². The fourth-order valence-electron chi connectivity index (χ4n) is 2.25. The van der Waals surface area contributed by atoms with Crippen LogP contribution in [0.2, 0.25) is 0 Å². The minimum atomic E-state index is 0.944. The molecular formula is C13H14BrN3. The van der Waals surface area contributed by atoms with Gasteiger partial charge in [0.1, 0.15) is 5.82 Å². The Labute approximate surface area is 109 Å². The molecule has 0 fully saturated rings. The van der Waals surface area contributed by atoms with Crippen LogP contribution in [0, 0.1) is 0 Å². The molecule has 3 nitrogen and oxygen atoms in total. The number of aromatic nitrogens is 2. The first-order valence-corrected chi connectivity index (χ1v) is 6.57. The van der Waals surface area contributed by atoms with E-state index in [1.807, 2.05) is 6.20 Å². The largest absolute Gasteiger partial charge is 0.333 e. The molecule has 1 aliphatic rings. The molecule has 2 heterocycles. The van der Waals surface area contributed by atoms with Crippen molar-refractivity contribution in [2.24, 2.45) is 0 Å². The summed E-state index contributed by atoms with van der Waals surface area (Å²) in [6.07, 6.45) is 3.95. The molecule has 88 valence electrons. The van der Waals surface area contributed by atoms with E-state index in [4.69, 9.17) is 0 Å². The highest BCUT2D eigenvalue weighted by Crippen LogP contribution is 2.16. The first-order chi connectivity index (χ1) is 8.31. The molecule has 0 saturated heterocycles. The van der Waals surface area contributed by atoms with E-state index in [-0.39, 0.29) is 0 Å². The molecule has 4 heteroatoms. The Morgan fingerprint density at radius 1 is 1.29 bits per heavy atom. The highest BCUT2D eigenvalue weighted by molar-refractivity contribution is 9.10. The van der Waals surface area contributed by atoms with Crippen molar-refractivity contribution >= 4 is 15.9 Å². The van der Waals surface area contributed by atoms with Crippen LogP contribution < -0.4 is 0 Å². The minimum Gasteiger partial charge on any atom is -0.333 e. The topological polar surface area (TPSA) is 21.1 Å². The van der Waals surface area contributed by atoms with Crippen molar-refractivity contribution in [1.29, 1.82) is 0 Å². The summed E-state index contributed by atoms with van der Waals surface area (Å²) >= 11 is 3.51. The van der Waals surface area contributed by atoms with Gasteiger partial charge in [0, 0.05) is 36.5 Å². The van der Waals surface area contributed by atoms with E-state index in [0.717, 1.165) is 30.7 Å². The number of nitrogens with zero attached hydrogens (tertiary/aromatic N) is 3. The third kappa shape index (κ3) is 2.42. The molecule has 0 spiro atoms. The van der Waals surface area contributed by atoms with Crippen LogP contribution in [0.3, 0.4) is 0 Å². The van der Waals surface area contributed by atoms with Crippen molar-refractivity contribution in [2.45, 2.75) is 19.6 Å². The van der Waals surface area contributed by atoms with E-state index in [9.17, 15) is 0 Å². The van der Waals surface area contributed by atoms with E-state index < -0.39 is 0 Å². The van der Waals surface area contributed by atoms with Gasteiger partial charge in [-0.25, -0.2) is 4.98 Å². The number of fused-ring (bicyclic) bond motifs is 1. The molecule has 3 rings (SSSR count). The van der Waals surface area contributed by atoms with Crippen LogP contribution in [-0.4, -0.2) is 21.0 Å². The van der Waals surface area contributed by atoms with Gasteiger partial charge in [-0.15, -0.1) is 0 Å². The lowest BCUT2D eigenvalue weighted by molar-refractivity contribution is 0.209. The molecule has 1 aromatic heterocycles. The van der Waals surface area contributed by atoms with E-state index in [2.05, 4.69) is 60.8 Å². The van der Waals surface area contributed by atoms with Crippen molar-refractivity contribution < 1.29 is 0 Å². The van der Waals surface area contributed by atoms with Crippen LogP contribution in [0.25, 0.3) is 0 Å². The number of imidazole rings is 1. The summed E-state index contributed by atoms with van der Waals surface area (Å²) < 4.78 is 3.38. The zero-order valence-electron chi connectivity index (χ0n) is 9.51. The van der Waals surface area contributed by atoms with Crippen LogP contribution in [0.5, 0.6) is 0 Å². The number of rotatable bonds is 2. The van der Waals surface area contributed by atoms with Gasteiger partial charge >= 0.3 is 0 Å². The maximum absolute atomic E-state index is 4.38. The molecule has 17 heavy (non-hydrogen) atoms. The third-order valence-corrected chi connectivity index (χ3v) is 3.61. The van der Waals surface area contributed by atoms with Gasteiger partial charge in [0.2, 0.25) is 0 Å². The summed E-state index contributed by atoms with van der Waals surface area (Å²) in [5.41, 5.74) is 1.35. The van der Waals surface area contributed by atoms with Crippen LogP contribution in [0.1, 0.15) is 11.4 Å². The SMILES string of the molecule is Brc1cccc(CN2CCn3ccnc3C2)c1. The predicted octanol–water partition coefficient (Wildman–Crippen LogP) is 2.66. The molecule has 0 bridgehead atoms. The Morgan fingerprint density at radius 3 is 3.12 bits per heavy atom. The molecule has 0 radical (unpaired) electrons. The number of halogens is 1. The highest BCUT2D eigenvalue weighted by Gasteiger charge is 2.16. The van der Waals surface area contributed by atoms with Crippen LogP contribution in [0.4, 0.5) is 0 Å². The third-order valence-electron chi connectivity index (χ3n) is 3.12. The van der Waals surface area contributed by atoms with Gasteiger partial charge in [-0.05, 0) is 17.7 Å². The number of benzene rings is 1. The lowest BCUT2D eigenvalue weighted by Gasteiger charge is -2.27. The molecule has 0 N–H and O–H groups in total. The van der Waals surface area contributed by atoms with Crippen molar-refractivity contribution in [2.75, 3.05) is 6.54 Å². The molecule has 1 aromatic carbocycles. The first-order valence-electron chi connectivity index (χ1n) is 5.78. The van der Waals surface area contributed by atoms with Crippen molar-refractivity contribution in [3.8, 4) is 0 Å². The van der Waals surface area contributed by atoms with Crippen LogP contribution in [-0.2, 0) is 19.6 Å². The summed E-state index contributed by atoms with van der Waals surface area (Å²) in [6, 6.07) is 8.50. The molecule has 0 amide bonds. The normalized spacial score (nSPS) is 15.8. The summed E-state index contributed by atoms with van der Waals surface area (Å²) in [5.74, 6) is 1.17. The molecule has 0 saturated carbocycles. The van der Waals surface area contributed by atoms with Crippen molar-refractivity contribution in [3.05, 3.63) is 52.5 Å². The average Bonchev–Trinajstić information content (AvgIpc) is 2.76.